The Morgan fingerprint density at radius 3 is 2.33 bits per heavy atom. The van der Waals surface area contributed by atoms with Gasteiger partial charge >= 0.3 is 5.97 Å². The van der Waals surface area contributed by atoms with Crippen molar-refractivity contribution in [2.45, 2.75) is 25.7 Å². The highest BCUT2D eigenvalue weighted by atomic mass is 19.1. The molecule has 0 fully saturated rings. The third-order valence-corrected chi connectivity index (χ3v) is 4.12. The highest BCUT2D eigenvalue weighted by molar-refractivity contribution is 6.00. The van der Waals surface area contributed by atoms with Crippen LogP contribution >= 0.6 is 0 Å². The molecule has 0 aliphatic rings. The lowest BCUT2D eigenvalue weighted by molar-refractivity contribution is -0.138. The van der Waals surface area contributed by atoms with Gasteiger partial charge in [0.2, 0.25) is 5.91 Å². The summed E-state index contributed by atoms with van der Waals surface area (Å²) < 4.78 is 18.4. The number of carbonyl (C=O) groups is 3. The molecule has 2 N–H and O–H groups in total. The van der Waals surface area contributed by atoms with E-state index < -0.39 is 17.7 Å². The molecule has 2 aromatic carbocycles. The molecule has 0 aliphatic carbocycles. The molecule has 0 aliphatic heterocycles. The van der Waals surface area contributed by atoms with Crippen LogP contribution in [0.15, 0.2) is 42.5 Å². The first-order valence-electron chi connectivity index (χ1n) is 8.31. The predicted molar refractivity (Wildman–Crippen MR) is 97.6 cm³/mol. The molecular weight excluding hydrogens is 353 g/mol. The van der Waals surface area contributed by atoms with Crippen molar-refractivity contribution in [3.8, 4) is 5.75 Å². The van der Waals surface area contributed by atoms with Gasteiger partial charge in [-0.2, -0.15) is 0 Å². The zero-order valence-corrected chi connectivity index (χ0v) is 15.0. The summed E-state index contributed by atoms with van der Waals surface area (Å²) in [6.07, 6.45) is -0.120. The van der Waals surface area contributed by atoms with Crippen molar-refractivity contribution < 1.29 is 28.6 Å². The van der Waals surface area contributed by atoms with Gasteiger partial charge in [0.1, 0.15) is 0 Å². The van der Waals surface area contributed by atoms with E-state index >= 15 is 0 Å². The van der Waals surface area contributed by atoms with Gasteiger partial charge in [-0.15, -0.1) is 0 Å². The monoisotopic (exact) mass is 373 g/mol. The molecule has 1 amide bonds. The van der Waals surface area contributed by atoms with Crippen molar-refractivity contribution in [3.05, 3.63) is 59.4 Å². The minimum absolute atomic E-state index is 0.0463. The number of hydrogen-bond acceptors (Lipinski definition) is 4. The number of anilines is 1. The third-order valence-electron chi connectivity index (χ3n) is 4.12. The highest BCUT2D eigenvalue weighted by Gasteiger charge is 2.14. The number of rotatable bonds is 8. The molecule has 2 aromatic rings. The second kappa shape index (κ2) is 8.93. The van der Waals surface area contributed by atoms with E-state index in [-0.39, 0.29) is 35.8 Å². The molecule has 0 heterocycles. The smallest absolute Gasteiger partial charge is 0.310 e. The van der Waals surface area contributed by atoms with Gasteiger partial charge in [-0.05, 0) is 42.8 Å². The maximum absolute atomic E-state index is 13.6. The second-order valence-electron chi connectivity index (χ2n) is 6.00. The fourth-order valence-corrected chi connectivity index (χ4v) is 2.43. The molecule has 6 nitrogen and oxygen atoms in total. The Morgan fingerprint density at radius 2 is 1.78 bits per heavy atom. The normalized spacial score (nSPS) is 11.5. The second-order valence-corrected chi connectivity index (χ2v) is 6.00. The van der Waals surface area contributed by atoms with Crippen molar-refractivity contribution in [2.24, 2.45) is 0 Å². The van der Waals surface area contributed by atoms with Gasteiger partial charge in [0.05, 0.1) is 13.0 Å². The average Bonchev–Trinajstić information content (AvgIpc) is 2.66. The van der Waals surface area contributed by atoms with E-state index in [9.17, 15) is 18.8 Å². The molecule has 0 spiro atoms. The largest absolute Gasteiger partial charge is 0.494 e. The maximum Gasteiger partial charge on any atom is 0.310 e. The predicted octanol–water partition coefficient (Wildman–Crippen LogP) is 3.62. The number of carboxylic acids is 1. The van der Waals surface area contributed by atoms with Gasteiger partial charge in [0, 0.05) is 24.1 Å². The maximum atomic E-state index is 13.6. The summed E-state index contributed by atoms with van der Waals surface area (Å²) in [5, 5.41) is 11.6. The van der Waals surface area contributed by atoms with Crippen molar-refractivity contribution in [1.29, 1.82) is 0 Å². The Morgan fingerprint density at radius 1 is 1.11 bits per heavy atom. The van der Waals surface area contributed by atoms with Gasteiger partial charge in [-0.1, -0.05) is 12.1 Å². The lowest BCUT2D eigenvalue weighted by Crippen LogP contribution is -2.14. The number of benzene rings is 2. The van der Waals surface area contributed by atoms with E-state index in [2.05, 4.69) is 5.32 Å². The van der Waals surface area contributed by atoms with E-state index in [1.54, 1.807) is 31.2 Å². The van der Waals surface area contributed by atoms with Crippen molar-refractivity contribution in [2.75, 3.05) is 12.4 Å². The lowest BCUT2D eigenvalue weighted by atomic mass is 10.0. The van der Waals surface area contributed by atoms with E-state index in [4.69, 9.17) is 9.84 Å². The highest BCUT2D eigenvalue weighted by Crippen LogP contribution is 2.20. The Bertz CT molecular complexity index is 848. The first-order valence-corrected chi connectivity index (χ1v) is 8.31. The van der Waals surface area contributed by atoms with Gasteiger partial charge in [0.25, 0.3) is 0 Å². The van der Waals surface area contributed by atoms with Crippen LogP contribution in [-0.4, -0.2) is 29.9 Å². The molecule has 0 saturated heterocycles. The fraction of sp³-hybridized carbons (Fsp3) is 0.250. The first kappa shape index (κ1) is 20.1. The number of aliphatic carboxylic acids is 1. The van der Waals surface area contributed by atoms with Gasteiger partial charge in [-0.3, -0.25) is 14.4 Å². The van der Waals surface area contributed by atoms with Gasteiger partial charge < -0.3 is 15.2 Å². The number of amides is 1. The Kier molecular flexibility index (Phi) is 6.65. The van der Waals surface area contributed by atoms with Crippen LogP contribution in [0.2, 0.25) is 0 Å². The zero-order valence-electron chi connectivity index (χ0n) is 15.0. The SMILES string of the molecule is COc1ccc(C(=O)CCC(=O)Nc2ccc(C(C)C(=O)O)cc2)cc1F. The number of carboxylic acid groups (broad SMARTS) is 1. The molecule has 1 atom stereocenters. The van der Waals surface area contributed by atoms with Crippen molar-refractivity contribution in [1.82, 2.24) is 0 Å². The summed E-state index contributed by atoms with van der Waals surface area (Å²) in [4.78, 5) is 35.0. The molecule has 7 heteroatoms. The van der Waals surface area contributed by atoms with Crippen LogP contribution in [0.4, 0.5) is 10.1 Å². The molecule has 0 aromatic heterocycles. The Balaban J connectivity index is 1.89. The van der Waals surface area contributed by atoms with E-state index in [0.717, 1.165) is 6.07 Å². The van der Waals surface area contributed by atoms with Gasteiger partial charge in [-0.25, -0.2) is 4.39 Å². The summed E-state index contributed by atoms with van der Waals surface area (Å²) in [5.74, 6) is -2.88. The van der Waals surface area contributed by atoms with Gasteiger partial charge in [0.15, 0.2) is 17.3 Å². The van der Waals surface area contributed by atoms with E-state index in [1.807, 2.05) is 0 Å². The van der Waals surface area contributed by atoms with Crippen LogP contribution in [0.3, 0.4) is 0 Å². The minimum Gasteiger partial charge on any atom is -0.494 e. The summed E-state index contributed by atoms with van der Waals surface area (Å²) in [6, 6.07) is 10.4. The minimum atomic E-state index is -0.930. The number of nitrogens with one attached hydrogen (secondary N) is 1. The number of ether oxygens (including phenoxy) is 1. The Hall–Kier alpha value is -3.22. The first-order chi connectivity index (χ1) is 12.8. The molecule has 142 valence electrons. The molecule has 0 radical (unpaired) electrons. The van der Waals surface area contributed by atoms with Crippen LogP contribution in [0.25, 0.3) is 0 Å². The summed E-state index contributed by atoms with van der Waals surface area (Å²) >= 11 is 0. The van der Waals surface area contributed by atoms with Crippen molar-refractivity contribution >= 4 is 23.3 Å². The number of Topliss-reactive ketones (excluding diaryl/α,β-unsaturated/α-hetero) is 1. The van der Waals surface area contributed by atoms with Crippen LogP contribution < -0.4 is 10.1 Å². The molecule has 2 rings (SSSR count). The molecule has 27 heavy (non-hydrogen) atoms. The molecule has 0 saturated carbocycles. The molecule has 1 unspecified atom stereocenters. The topological polar surface area (TPSA) is 92.7 Å². The third kappa shape index (κ3) is 5.37. The number of ketones is 1. The van der Waals surface area contributed by atoms with E-state index in [0.29, 0.717) is 11.3 Å². The van der Waals surface area contributed by atoms with Crippen LogP contribution in [0.5, 0.6) is 5.75 Å². The van der Waals surface area contributed by atoms with E-state index in [1.165, 1.54) is 19.2 Å². The quantitative estimate of drug-likeness (QED) is 0.690. The number of methoxy groups -OCH3 is 1. The van der Waals surface area contributed by atoms with Crippen molar-refractivity contribution in [3.63, 3.8) is 0 Å². The van der Waals surface area contributed by atoms with Crippen LogP contribution in [-0.2, 0) is 9.59 Å². The number of halogens is 1. The average molecular weight is 373 g/mol. The zero-order chi connectivity index (χ0) is 20.0. The van der Waals surface area contributed by atoms with Crippen LogP contribution in [0, 0.1) is 5.82 Å². The number of hydrogen-bond donors (Lipinski definition) is 2. The summed E-state index contributed by atoms with van der Waals surface area (Å²) in [6.45, 7) is 1.57. The lowest BCUT2D eigenvalue weighted by Gasteiger charge is -2.09. The fourth-order valence-electron chi connectivity index (χ4n) is 2.43. The number of carbonyl (C=O) groups excluding carboxylic acids is 2. The summed E-state index contributed by atoms with van der Waals surface area (Å²) in [5.41, 5.74) is 1.30. The summed E-state index contributed by atoms with van der Waals surface area (Å²) in [7, 11) is 1.33. The van der Waals surface area contributed by atoms with Crippen LogP contribution in [0.1, 0.15) is 41.6 Å². The standard InChI is InChI=1S/C20H20FNO5/c1-12(20(25)26)13-3-6-15(7-4-13)22-19(24)10-8-17(23)14-5-9-18(27-2)16(21)11-14/h3-7,9,11-12H,8,10H2,1-2H3,(H,22,24)(H,25,26). The Labute approximate surface area is 156 Å². The molecule has 0 bridgehead atoms. The molecular formula is C20H20FNO5.